The van der Waals surface area contributed by atoms with Gasteiger partial charge in [0, 0.05) is 24.5 Å². The topological polar surface area (TPSA) is 85.7 Å². The number of benzene rings is 1. The van der Waals surface area contributed by atoms with E-state index in [4.69, 9.17) is 9.47 Å². The minimum atomic E-state index is -0.0353. The number of carbonyl (C=O) groups is 1. The first-order chi connectivity index (χ1) is 16.0. The molecule has 1 aromatic carbocycles. The molecule has 1 aliphatic heterocycles. The van der Waals surface area contributed by atoms with Gasteiger partial charge in [0.1, 0.15) is 4.83 Å². The van der Waals surface area contributed by atoms with Crippen LogP contribution in [0.2, 0.25) is 0 Å². The molecule has 33 heavy (non-hydrogen) atoms. The van der Waals surface area contributed by atoms with Gasteiger partial charge in [-0.3, -0.25) is 9.36 Å². The van der Waals surface area contributed by atoms with E-state index >= 15 is 0 Å². The van der Waals surface area contributed by atoms with Crippen LogP contribution in [0, 0.1) is 0 Å². The number of carbonyl (C=O) groups excluding carboxylic acids is 1. The van der Waals surface area contributed by atoms with Gasteiger partial charge < -0.3 is 19.7 Å². The Morgan fingerprint density at radius 3 is 2.82 bits per heavy atom. The van der Waals surface area contributed by atoms with Gasteiger partial charge in [0.05, 0.1) is 32.5 Å². The summed E-state index contributed by atoms with van der Waals surface area (Å²) in [6.07, 6.45) is 4.99. The number of hydrogen-bond acceptors (Lipinski definition) is 6. The maximum atomic E-state index is 13.3. The molecule has 0 saturated carbocycles. The third-order valence-corrected chi connectivity index (χ3v) is 7.14. The highest BCUT2D eigenvalue weighted by Gasteiger charge is 2.26. The summed E-state index contributed by atoms with van der Waals surface area (Å²) >= 11 is 1.52. The van der Waals surface area contributed by atoms with Crippen molar-refractivity contribution in [1.29, 1.82) is 0 Å². The Kier molecular flexibility index (Phi) is 7.17. The van der Waals surface area contributed by atoms with Crippen LogP contribution in [0.5, 0.6) is 11.5 Å². The zero-order valence-corrected chi connectivity index (χ0v) is 20.2. The lowest BCUT2D eigenvalue weighted by Gasteiger charge is -2.27. The van der Waals surface area contributed by atoms with Gasteiger partial charge in [0.25, 0.3) is 5.56 Å². The van der Waals surface area contributed by atoms with Crippen molar-refractivity contribution >= 4 is 27.6 Å². The van der Waals surface area contributed by atoms with Crippen LogP contribution in [0.4, 0.5) is 4.79 Å². The minimum absolute atomic E-state index is 0.0150. The monoisotopic (exact) mass is 470 g/mol. The van der Waals surface area contributed by atoms with Crippen LogP contribution >= 0.6 is 11.3 Å². The highest BCUT2D eigenvalue weighted by molar-refractivity contribution is 7.18. The quantitative estimate of drug-likeness (QED) is 0.509. The molecule has 0 radical (unpaired) electrons. The minimum Gasteiger partial charge on any atom is -0.493 e. The average molecular weight is 471 g/mol. The fourth-order valence-electron chi connectivity index (χ4n) is 4.12. The van der Waals surface area contributed by atoms with Crippen molar-refractivity contribution in [2.45, 2.75) is 45.7 Å². The first-order valence-electron chi connectivity index (χ1n) is 11.3. The van der Waals surface area contributed by atoms with E-state index in [2.05, 4.69) is 17.2 Å². The predicted molar refractivity (Wildman–Crippen MR) is 130 cm³/mol. The van der Waals surface area contributed by atoms with E-state index in [0.717, 1.165) is 33.7 Å². The molecule has 1 aliphatic rings. The Hall–Kier alpha value is -3.07. The number of fused-ring (bicyclic) bond motifs is 3. The summed E-state index contributed by atoms with van der Waals surface area (Å²) in [5.74, 6) is 1.35. The Morgan fingerprint density at radius 2 is 2.06 bits per heavy atom. The van der Waals surface area contributed by atoms with Crippen molar-refractivity contribution in [3.63, 3.8) is 0 Å². The van der Waals surface area contributed by atoms with Gasteiger partial charge in [-0.05, 0) is 42.5 Å². The number of amides is 2. The number of nitrogens with zero attached hydrogens (tertiary/aromatic N) is 3. The van der Waals surface area contributed by atoms with Gasteiger partial charge in [0.15, 0.2) is 11.5 Å². The fourth-order valence-corrected chi connectivity index (χ4v) is 5.31. The van der Waals surface area contributed by atoms with Crippen LogP contribution in [0.15, 0.2) is 29.3 Å². The summed E-state index contributed by atoms with van der Waals surface area (Å²) < 4.78 is 12.3. The zero-order valence-electron chi connectivity index (χ0n) is 19.3. The standard InChI is InChI=1S/C24H30N4O4S/c1-4-5-10-25-24(30)27-12-9-17-20(14-27)33-22-21(17)23(29)28(15-26-22)11-8-16-6-7-18(31-2)19(13-16)32-3/h6-7,13,15H,4-5,8-12,14H2,1-3H3,(H,25,30). The molecule has 3 aromatic rings. The SMILES string of the molecule is CCCCNC(=O)N1CCc2c(sc3ncn(CCc4ccc(OC)c(OC)c4)c(=O)c23)C1. The molecule has 0 saturated heterocycles. The fraction of sp³-hybridized carbons (Fsp3) is 0.458. The van der Waals surface area contributed by atoms with E-state index in [1.165, 1.54) is 11.3 Å². The molecule has 0 aliphatic carbocycles. The van der Waals surface area contributed by atoms with E-state index in [-0.39, 0.29) is 11.6 Å². The zero-order chi connectivity index (χ0) is 23.4. The molecule has 0 spiro atoms. The molecule has 0 unspecified atom stereocenters. The molecule has 0 atom stereocenters. The van der Waals surface area contributed by atoms with E-state index in [0.29, 0.717) is 55.9 Å². The third-order valence-electron chi connectivity index (χ3n) is 6.01. The van der Waals surface area contributed by atoms with E-state index in [9.17, 15) is 9.59 Å². The summed E-state index contributed by atoms with van der Waals surface area (Å²) in [5.41, 5.74) is 2.08. The van der Waals surface area contributed by atoms with Gasteiger partial charge in [-0.25, -0.2) is 9.78 Å². The molecule has 176 valence electrons. The van der Waals surface area contributed by atoms with Gasteiger partial charge in [-0.2, -0.15) is 0 Å². The highest BCUT2D eigenvalue weighted by Crippen LogP contribution is 2.32. The van der Waals surface area contributed by atoms with Crippen LogP contribution in [-0.4, -0.2) is 47.8 Å². The molecule has 0 bridgehead atoms. The second-order valence-electron chi connectivity index (χ2n) is 8.12. The number of urea groups is 1. The van der Waals surface area contributed by atoms with Crippen molar-refractivity contribution in [3.05, 3.63) is 50.9 Å². The summed E-state index contributed by atoms with van der Waals surface area (Å²) in [5, 5.41) is 3.68. The van der Waals surface area contributed by atoms with Crippen molar-refractivity contribution in [1.82, 2.24) is 19.8 Å². The second kappa shape index (κ2) is 10.2. The molecule has 4 rings (SSSR count). The Labute approximate surface area is 197 Å². The molecular formula is C24H30N4O4S. The summed E-state index contributed by atoms with van der Waals surface area (Å²) in [7, 11) is 3.22. The van der Waals surface area contributed by atoms with Crippen molar-refractivity contribution in [3.8, 4) is 11.5 Å². The number of ether oxygens (including phenoxy) is 2. The summed E-state index contributed by atoms with van der Waals surface area (Å²) in [4.78, 5) is 33.9. The molecule has 0 fully saturated rings. The molecule has 2 aromatic heterocycles. The van der Waals surface area contributed by atoms with Crippen LogP contribution in [-0.2, 0) is 25.9 Å². The summed E-state index contributed by atoms with van der Waals surface area (Å²) in [6, 6.07) is 5.75. The van der Waals surface area contributed by atoms with E-state index < -0.39 is 0 Å². The van der Waals surface area contributed by atoms with Crippen LogP contribution in [0.25, 0.3) is 10.2 Å². The molecular weight excluding hydrogens is 440 g/mol. The van der Waals surface area contributed by atoms with E-state index in [1.807, 2.05) is 23.1 Å². The number of methoxy groups -OCH3 is 2. The number of aromatic nitrogens is 2. The number of hydrogen-bond donors (Lipinski definition) is 1. The Balaban J connectivity index is 1.51. The number of nitrogens with one attached hydrogen (secondary N) is 1. The molecule has 9 heteroatoms. The van der Waals surface area contributed by atoms with E-state index in [1.54, 1.807) is 25.1 Å². The van der Waals surface area contributed by atoms with Gasteiger partial charge >= 0.3 is 6.03 Å². The summed E-state index contributed by atoms with van der Waals surface area (Å²) in [6.45, 7) is 4.45. The molecule has 3 heterocycles. The first-order valence-corrected chi connectivity index (χ1v) is 12.1. The maximum absolute atomic E-state index is 13.3. The first kappa shape index (κ1) is 23.1. The molecule has 1 N–H and O–H groups in total. The second-order valence-corrected chi connectivity index (χ2v) is 9.21. The van der Waals surface area contributed by atoms with Crippen molar-refractivity contribution in [2.24, 2.45) is 0 Å². The van der Waals surface area contributed by atoms with Crippen LogP contribution in [0.3, 0.4) is 0 Å². The average Bonchev–Trinajstić information content (AvgIpc) is 3.22. The van der Waals surface area contributed by atoms with Crippen molar-refractivity contribution in [2.75, 3.05) is 27.3 Å². The Morgan fingerprint density at radius 1 is 1.24 bits per heavy atom. The third kappa shape index (κ3) is 4.83. The largest absolute Gasteiger partial charge is 0.493 e. The predicted octanol–water partition coefficient (Wildman–Crippen LogP) is 3.59. The van der Waals surface area contributed by atoms with Crippen LogP contribution in [0.1, 0.15) is 35.8 Å². The highest BCUT2D eigenvalue weighted by atomic mass is 32.1. The van der Waals surface area contributed by atoms with Crippen molar-refractivity contribution < 1.29 is 14.3 Å². The number of rotatable bonds is 8. The number of unbranched alkanes of at least 4 members (excludes halogenated alkanes) is 1. The lowest BCUT2D eigenvalue weighted by atomic mass is 10.1. The number of thiophene rings is 1. The maximum Gasteiger partial charge on any atom is 0.317 e. The van der Waals surface area contributed by atoms with Gasteiger partial charge in [-0.15, -0.1) is 11.3 Å². The number of aryl methyl sites for hydroxylation is 2. The normalized spacial score (nSPS) is 13.1. The lowest BCUT2D eigenvalue weighted by Crippen LogP contribution is -2.42. The van der Waals surface area contributed by atoms with Gasteiger partial charge in [0.2, 0.25) is 0 Å². The van der Waals surface area contributed by atoms with Crippen LogP contribution < -0.4 is 20.3 Å². The molecule has 2 amide bonds. The smallest absolute Gasteiger partial charge is 0.317 e. The van der Waals surface area contributed by atoms with Gasteiger partial charge in [-0.1, -0.05) is 19.4 Å². The Bertz CT molecular complexity index is 1200. The molecule has 8 nitrogen and oxygen atoms in total. The lowest BCUT2D eigenvalue weighted by molar-refractivity contribution is 0.193.